The summed E-state index contributed by atoms with van der Waals surface area (Å²) in [6.45, 7) is 15.9. The third kappa shape index (κ3) is 6.97. The number of fused-ring (bicyclic) bond motifs is 6. The van der Waals surface area contributed by atoms with Gasteiger partial charge >= 0.3 is 0 Å². The largest absolute Gasteiger partial charge is 0.306 e. The Morgan fingerprint density at radius 2 is 1.11 bits per heavy atom. The summed E-state index contributed by atoms with van der Waals surface area (Å²) in [5.41, 5.74) is -1.61. The van der Waals surface area contributed by atoms with E-state index in [9.17, 15) is 62.1 Å². The van der Waals surface area contributed by atoms with E-state index in [4.69, 9.17) is 13.1 Å². The molecule has 0 heterocycles. The summed E-state index contributed by atoms with van der Waals surface area (Å²) in [4.78, 5) is 3.95. The van der Waals surface area contributed by atoms with Crippen LogP contribution in [0.5, 0.6) is 0 Å². The third-order valence-electron chi connectivity index (χ3n) is 8.88. The Hall–Kier alpha value is -4.46. The van der Waals surface area contributed by atoms with Gasteiger partial charge in [-0.2, -0.15) is 0 Å². The van der Waals surface area contributed by atoms with Gasteiger partial charge in [0.1, 0.15) is 4.90 Å². The van der Waals surface area contributed by atoms with Gasteiger partial charge in [-0.05, 0) is 91.4 Å². The van der Waals surface area contributed by atoms with E-state index in [1.807, 2.05) is 0 Å². The Balaban J connectivity index is 2.22. The van der Waals surface area contributed by atoms with Crippen LogP contribution in [0.3, 0.4) is 0 Å². The highest BCUT2D eigenvalue weighted by atomic mass is 32.2. The van der Waals surface area contributed by atoms with E-state index in [-0.39, 0.29) is 78.1 Å². The molecule has 5 rings (SSSR count). The first-order valence-electron chi connectivity index (χ1n) is 14.7. The van der Waals surface area contributed by atoms with Crippen molar-refractivity contribution in [3.8, 4) is 34.4 Å². The quantitative estimate of drug-likeness (QED) is 0.139. The Bertz CT molecular complexity index is 2990. The highest BCUT2D eigenvalue weighted by molar-refractivity contribution is 7.95. The normalized spacial score (nSPS) is 15.9. The minimum absolute atomic E-state index is 0.00371. The highest BCUT2D eigenvalue weighted by Gasteiger charge is 2.40. The lowest BCUT2D eigenvalue weighted by atomic mass is 9.89. The molecule has 0 amide bonds. The van der Waals surface area contributed by atoms with Gasteiger partial charge in [0.05, 0.1) is 52.3 Å². The molecular formula is C32H24N4O12S6. The summed E-state index contributed by atoms with van der Waals surface area (Å²) in [6.07, 6.45) is 1.12. The smallest absolute Gasteiger partial charge is 0.270 e. The van der Waals surface area contributed by atoms with Crippen molar-refractivity contribution in [1.82, 2.24) is 0 Å². The fourth-order valence-corrected chi connectivity index (χ4v) is 13.5. The summed E-state index contributed by atoms with van der Waals surface area (Å²) in [7, 11) is -13.7. The van der Waals surface area contributed by atoms with Crippen molar-refractivity contribution in [2.24, 2.45) is 0 Å². The summed E-state index contributed by atoms with van der Waals surface area (Å²) < 4.78 is 146. The molecule has 0 bridgehead atoms. The second kappa shape index (κ2) is 14.3. The molecule has 3 atom stereocenters. The SMILES string of the molecule is [C-]#[N+]/C(C#N)=c1\c2c(/c(=C(/C#N)[N+]#[C-])c3c1Cc1c-3cc(S(C)(=O)=O)c(S(C)(=O)=O)c1S(C)(=O)=O)-c1cc(CS(=O)O)c(CS(=O)O)c(CS(=O)O)c1C2. The van der Waals surface area contributed by atoms with Crippen LogP contribution in [0.1, 0.15) is 38.9 Å². The molecule has 3 N–H and O–H groups in total. The second-order valence-electron chi connectivity index (χ2n) is 12.2. The van der Waals surface area contributed by atoms with Crippen molar-refractivity contribution >= 4 is 74.1 Å². The fraction of sp³-hybridized carbons (Fsp3) is 0.250. The van der Waals surface area contributed by atoms with E-state index >= 15 is 0 Å². The van der Waals surface area contributed by atoms with Crippen LogP contribution < -0.4 is 10.4 Å². The summed E-state index contributed by atoms with van der Waals surface area (Å²) in [6, 6.07) is 5.77. The van der Waals surface area contributed by atoms with Crippen molar-refractivity contribution < 1.29 is 51.5 Å². The molecule has 3 aromatic rings. The number of hydrogen-bond acceptors (Lipinski definition) is 11. The zero-order valence-corrected chi connectivity index (χ0v) is 32.8. The molecule has 0 saturated heterocycles. The summed E-state index contributed by atoms with van der Waals surface area (Å²) in [5, 5.41) is 20.2. The van der Waals surface area contributed by atoms with Crippen molar-refractivity contribution in [1.29, 1.82) is 10.5 Å². The van der Waals surface area contributed by atoms with Gasteiger partial charge in [0.15, 0.2) is 62.8 Å². The Kier molecular flexibility index (Phi) is 10.8. The lowest BCUT2D eigenvalue weighted by Gasteiger charge is -2.18. The van der Waals surface area contributed by atoms with Crippen LogP contribution in [0.4, 0.5) is 0 Å². The first kappa shape index (κ1) is 40.7. The lowest BCUT2D eigenvalue weighted by molar-refractivity contribution is 0.558. The number of sulfone groups is 3. The number of benzene rings is 3. The zero-order chi connectivity index (χ0) is 40.4. The zero-order valence-electron chi connectivity index (χ0n) is 27.9. The lowest BCUT2D eigenvalue weighted by Crippen LogP contribution is -2.25. The molecular weight excluding hydrogens is 825 g/mol. The predicted octanol–water partition coefficient (Wildman–Crippen LogP) is 1.31. The molecule has 0 saturated carbocycles. The maximum atomic E-state index is 13.5. The third-order valence-corrected chi connectivity index (χ3v) is 14.2. The minimum Gasteiger partial charge on any atom is -0.306 e. The predicted molar refractivity (Wildman–Crippen MR) is 196 cm³/mol. The number of hydrogen-bond donors (Lipinski definition) is 3. The molecule has 16 nitrogen and oxygen atoms in total. The highest BCUT2D eigenvalue weighted by Crippen LogP contribution is 2.47. The Morgan fingerprint density at radius 3 is 1.54 bits per heavy atom. The molecule has 22 heteroatoms. The summed E-state index contributed by atoms with van der Waals surface area (Å²) in [5.74, 6) is -1.97. The minimum atomic E-state index is -4.60. The van der Waals surface area contributed by atoms with Crippen molar-refractivity contribution in [3.63, 3.8) is 0 Å². The van der Waals surface area contributed by atoms with Gasteiger partial charge in [0.25, 0.3) is 11.4 Å². The molecule has 3 aromatic carbocycles. The maximum Gasteiger partial charge on any atom is 0.270 e. The van der Waals surface area contributed by atoms with Gasteiger partial charge in [0, 0.05) is 24.0 Å². The van der Waals surface area contributed by atoms with Crippen molar-refractivity contribution in [3.05, 3.63) is 84.3 Å². The average Bonchev–Trinajstić information content (AvgIpc) is 3.60. The van der Waals surface area contributed by atoms with Gasteiger partial charge in [-0.25, -0.2) is 58.1 Å². The van der Waals surface area contributed by atoms with E-state index < -0.39 is 113 Å². The van der Waals surface area contributed by atoms with E-state index in [0.717, 1.165) is 6.07 Å². The topological polar surface area (TPSA) is 271 Å². The molecule has 2 aliphatic rings. The molecule has 0 radical (unpaired) electrons. The van der Waals surface area contributed by atoms with Gasteiger partial charge in [-0.15, -0.1) is 0 Å². The molecule has 2 aliphatic carbocycles. The van der Waals surface area contributed by atoms with E-state index in [1.54, 1.807) is 12.1 Å². The van der Waals surface area contributed by atoms with Crippen LogP contribution in [0.25, 0.3) is 43.3 Å². The Labute approximate surface area is 316 Å². The van der Waals surface area contributed by atoms with Gasteiger partial charge in [-0.1, -0.05) is 0 Å². The summed E-state index contributed by atoms with van der Waals surface area (Å²) >= 11 is -7.77. The number of nitrogens with zero attached hydrogens (tertiary/aromatic N) is 4. The molecule has 0 aliphatic heterocycles. The number of rotatable bonds is 9. The molecule has 3 unspecified atom stereocenters. The van der Waals surface area contributed by atoms with Crippen LogP contribution in [0, 0.1) is 35.8 Å². The first-order valence-corrected chi connectivity index (χ1v) is 24.2. The van der Waals surface area contributed by atoms with Gasteiger partial charge < -0.3 is 13.7 Å². The fourth-order valence-electron chi connectivity index (χ4n) is 7.20. The standard InChI is InChI=1S/C32H24N4O12S6/c1-35-24(10-33)27-20-7-16-17(6-15(12-49(37)38)22(13-50(39)40)23(16)14-51(41)42)28(20)30(25(11-34)36-2)29-18-9-26(52(3,43)44)32(54(5,47)48)31(53(4,45)46)19(18)8-21(27)29/h6,9H,7-8,12-14H2,3-5H3,(H,37,38)(H,39,40)(H,41,42)/b27-24+,30-25+. The van der Waals surface area contributed by atoms with E-state index in [2.05, 4.69) is 9.69 Å². The van der Waals surface area contributed by atoms with Crippen LogP contribution in [0.2, 0.25) is 0 Å². The number of nitriles is 2. The van der Waals surface area contributed by atoms with Crippen LogP contribution in [-0.4, -0.2) is 70.3 Å². The molecule has 280 valence electrons. The Morgan fingerprint density at radius 1 is 0.667 bits per heavy atom. The first-order chi connectivity index (χ1) is 25.0. The van der Waals surface area contributed by atoms with Crippen LogP contribution in [0.15, 0.2) is 26.8 Å². The van der Waals surface area contributed by atoms with Crippen LogP contribution >= 0.6 is 0 Å². The molecule has 0 aromatic heterocycles. The van der Waals surface area contributed by atoms with Gasteiger partial charge in [-0.3, -0.25) is 0 Å². The van der Waals surface area contributed by atoms with Crippen LogP contribution in [-0.2, 0) is 92.9 Å². The molecule has 0 fully saturated rings. The average molecular weight is 849 g/mol. The second-order valence-corrected chi connectivity index (χ2v) is 20.9. The maximum absolute atomic E-state index is 13.5. The monoisotopic (exact) mass is 848 g/mol. The van der Waals surface area contributed by atoms with E-state index in [1.165, 1.54) is 6.07 Å². The van der Waals surface area contributed by atoms with Gasteiger partial charge in [0.2, 0.25) is 0 Å². The molecule has 54 heavy (non-hydrogen) atoms. The van der Waals surface area contributed by atoms with Crippen molar-refractivity contribution in [2.75, 3.05) is 18.8 Å². The molecule has 0 spiro atoms. The van der Waals surface area contributed by atoms with Crippen molar-refractivity contribution in [2.45, 2.75) is 44.8 Å². The van der Waals surface area contributed by atoms with E-state index in [0.29, 0.717) is 18.8 Å².